The van der Waals surface area contributed by atoms with Gasteiger partial charge in [-0.2, -0.15) is 0 Å². The molecule has 2 heterocycles. The molecule has 0 saturated carbocycles. The van der Waals surface area contributed by atoms with Crippen LogP contribution < -0.4 is 10.6 Å². The van der Waals surface area contributed by atoms with Crippen LogP contribution in [-0.2, 0) is 6.54 Å². The van der Waals surface area contributed by atoms with Gasteiger partial charge in [-0.25, -0.2) is 0 Å². The molecule has 1 aromatic carbocycles. The normalized spacial score (nSPS) is 22.3. The predicted octanol–water partition coefficient (Wildman–Crippen LogP) is 3.70. The molecule has 0 radical (unpaired) electrons. The van der Waals surface area contributed by atoms with Crippen molar-refractivity contribution < 1.29 is 0 Å². The fourth-order valence-corrected chi connectivity index (χ4v) is 4.48. The SMILES string of the molecule is CN=C(NCC1CCCCN1Cc1ccccc1)NC1CCN(C(C)C)CC1.I. The van der Waals surface area contributed by atoms with Crippen molar-refractivity contribution in [2.24, 2.45) is 4.99 Å². The summed E-state index contributed by atoms with van der Waals surface area (Å²) in [4.78, 5) is 9.70. The quantitative estimate of drug-likeness (QED) is 0.346. The Hall–Kier alpha value is -0.860. The summed E-state index contributed by atoms with van der Waals surface area (Å²) in [5, 5.41) is 7.28. The summed E-state index contributed by atoms with van der Waals surface area (Å²) in [6, 6.07) is 12.6. The lowest BCUT2D eigenvalue weighted by atomic mass is 10.0. The minimum Gasteiger partial charge on any atom is -0.355 e. The van der Waals surface area contributed by atoms with Crippen molar-refractivity contribution in [2.75, 3.05) is 33.2 Å². The molecule has 2 aliphatic rings. The highest BCUT2D eigenvalue weighted by Crippen LogP contribution is 2.19. The molecule has 0 amide bonds. The Morgan fingerprint density at radius 2 is 1.79 bits per heavy atom. The topological polar surface area (TPSA) is 42.9 Å². The van der Waals surface area contributed by atoms with Gasteiger partial charge in [-0.1, -0.05) is 36.8 Å². The molecule has 6 heteroatoms. The lowest BCUT2D eigenvalue weighted by Gasteiger charge is -2.37. The van der Waals surface area contributed by atoms with Crippen molar-refractivity contribution in [1.82, 2.24) is 20.4 Å². The lowest BCUT2D eigenvalue weighted by Crippen LogP contribution is -2.52. The number of hydrogen-bond donors (Lipinski definition) is 2. The Morgan fingerprint density at radius 3 is 2.45 bits per heavy atom. The number of hydrogen-bond acceptors (Lipinski definition) is 3. The maximum atomic E-state index is 4.49. The Labute approximate surface area is 194 Å². The van der Waals surface area contributed by atoms with Gasteiger partial charge in [0.15, 0.2) is 5.96 Å². The predicted molar refractivity (Wildman–Crippen MR) is 134 cm³/mol. The molecule has 0 aliphatic carbocycles. The summed E-state index contributed by atoms with van der Waals surface area (Å²) in [5.74, 6) is 0.966. The monoisotopic (exact) mass is 513 g/mol. The van der Waals surface area contributed by atoms with E-state index in [1.54, 1.807) is 0 Å². The van der Waals surface area contributed by atoms with Crippen molar-refractivity contribution in [3.05, 3.63) is 35.9 Å². The smallest absolute Gasteiger partial charge is 0.191 e. The number of aliphatic imine (C=N–C) groups is 1. The molecular formula is C23H40IN5. The third kappa shape index (κ3) is 7.72. The van der Waals surface area contributed by atoms with Gasteiger partial charge in [0.05, 0.1) is 0 Å². The molecule has 5 nitrogen and oxygen atoms in total. The summed E-state index contributed by atoms with van der Waals surface area (Å²) in [5.41, 5.74) is 1.41. The summed E-state index contributed by atoms with van der Waals surface area (Å²) < 4.78 is 0. The number of guanidine groups is 1. The minimum absolute atomic E-state index is 0. The molecule has 2 fully saturated rings. The number of nitrogens with zero attached hydrogens (tertiary/aromatic N) is 3. The average Bonchev–Trinajstić information content (AvgIpc) is 2.73. The van der Waals surface area contributed by atoms with E-state index in [0.29, 0.717) is 18.1 Å². The molecule has 0 spiro atoms. The first kappa shape index (κ1) is 24.4. The van der Waals surface area contributed by atoms with E-state index in [9.17, 15) is 0 Å². The van der Waals surface area contributed by atoms with Gasteiger partial charge in [0.25, 0.3) is 0 Å². The fraction of sp³-hybridized carbons (Fsp3) is 0.696. The summed E-state index contributed by atoms with van der Waals surface area (Å²) in [6.07, 6.45) is 6.30. The maximum absolute atomic E-state index is 4.49. The van der Waals surface area contributed by atoms with Gasteiger partial charge in [-0.3, -0.25) is 9.89 Å². The first-order valence-corrected chi connectivity index (χ1v) is 11.1. The first-order valence-electron chi connectivity index (χ1n) is 11.1. The van der Waals surface area contributed by atoms with Gasteiger partial charge in [0.2, 0.25) is 0 Å². The van der Waals surface area contributed by atoms with E-state index in [-0.39, 0.29) is 24.0 Å². The molecule has 1 aromatic rings. The van der Waals surface area contributed by atoms with E-state index in [2.05, 4.69) is 69.6 Å². The van der Waals surface area contributed by atoms with E-state index >= 15 is 0 Å². The third-order valence-electron chi connectivity index (χ3n) is 6.31. The molecule has 3 rings (SSSR count). The third-order valence-corrected chi connectivity index (χ3v) is 6.31. The molecule has 164 valence electrons. The van der Waals surface area contributed by atoms with Gasteiger partial charge in [-0.15, -0.1) is 24.0 Å². The van der Waals surface area contributed by atoms with Crippen LogP contribution in [0.5, 0.6) is 0 Å². The summed E-state index contributed by atoms with van der Waals surface area (Å²) >= 11 is 0. The second kappa shape index (κ2) is 12.7. The molecule has 1 unspecified atom stereocenters. The molecule has 2 aliphatic heterocycles. The van der Waals surface area contributed by atoms with Crippen LogP contribution in [-0.4, -0.2) is 67.1 Å². The number of piperidine rings is 2. The lowest BCUT2D eigenvalue weighted by molar-refractivity contribution is 0.141. The van der Waals surface area contributed by atoms with Crippen LogP contribution in [0.1, 0.15) is 51.5 Å². The highest BCUT2D eigenvalue weighted by Gasteiger charge is 2.24. The van der Waals surface area contributed by atoms with Gasteiger partial charge < -0.3 is 15.5 Å². The van der Waals surface area contributed by atoms with E-state index in [1.807, 2.05) is 7.05 Å². The zero-order valence-corrected chi connectivity index (χ0v) is 20.8. The van der Waals surface area contributed by atoms with E-state index in [1.165, 1.54) is 57.3 Å². The Morgan fingerprint density at radius 1 is 1.07 bits per heavy atom. The van der Waals surface area contributed by atoms with Crippen molar-refractivity contribution in [2.45, 2.75) is 70.6 Å². The number of likely N-dealkylation sites (tertiary alicyclic amines) is 2. The standard InChI is InChI=1S/C23H39N5.HI/c1-19(2)27-15-12-21(13-16-27)26-23(24-3)25-17-22-11-7-8-14-28(22)18-20-9-5-4-6-10-20;/h4-6,9-10,19,21-22H,7-8,11-18H2,1-3H3,(H2,24,25,26);1H. The van der Waals surface area contributed by atoms with Crippen molar-refractivity contribution in [3.8, 4) is 0 Å². The van der Waals surface area contributed by atoms with Crippen LogP contribution in [0.2, 0.25) is 0 Å². The van der Waals surface area contributed by atoms with E-state index < -0.39 is 0 Å². The molecule has 2 saturated heterocycles. The Balaban J connectivity index is 0.00000300. The molecule has 1 atom stereocenters. The number of rotatable bonds is 6. The van der Waals surface area contributed by atoms with Crippen LogP contribution in [0.3, 0.4) is 0 Å². The number of halogens is 1. The average molecular weight is 514 g/mol. The fourth-order valence-electron chi connectivity index (χ4n) is 4.48. The van der Waals surface area contributed by atoms with Crippen LogP contribution >= 0.6 is 24.0 Å². The van der Waals surface area contributed by atoms with Crippen molar-refractivity contribution in [1.29, 1.82) is 0 Å². The van der Waals surface area contributed by atoms with Gasteiger partial charge >= 0.3 is 0 Å². The van der Waals surface area contributed by atoms with Crippen LogP contribution in [0.4, 0.5) is 0 Å². The van der Waals surface area contributed by atoms with E-state index in [4.69, 9.17) is 0 Å². The Bertz CT molecular complexity index is 599. The van der Waals surface area contributed by atoms with Gasteiger partial charge in [0, 0.05) is 51.4 Å². The van der Waals surface area contributed by atoms with Crippen LogP contribution in [0, 0.1) is 0 Å². The first-order chi connectivity index (χ1) is 13.7. The van der Waals surface area contributed by atoms with Crippen LogP contribution in [0.25, 0.3) is 0 Å². The molecule has 0 aromatic heterocycles. The number of nitrogens with one attached hydrogen (secondary N) is 2. The van der Waals surface area contributed by atoms with Gasteiger partial charge in [-0.05, 0) is 51.6 Å². The molecule has 29 heavy (non-hydrogen) atoms. The van der Waals surface area contributed by atoms with Gasteiger partial charge in [0.1, 0.15) is 0 Å². The van der Waals surface area contributed by atoms with Crippen LogP contribution in [0.15, 0.2) is 35.3 Å². The molecule has 2 N–H and O–H groups in total. The van der Waals surface area contributed by atoms with Crippen molar-refractivity contribution in [3.63, 3.8) is 0 Å². The van der Waals surface area contributed by atoms with E-state index in [0.717, 1.165) is 19.0 Å². The number of benzene rings is 1. The molecule has 0 bridgehead atoms. The zero-order chi connectivity index (χ0) is 19.8. The van der Waals surface area contributed by atoms with Crippen molar-refractivity contribution >= 4 is 29.9 Å². The second-order valence-corrected chi connectivity index (χ2v) is 8.61. The Kier molecular flexibility index (Phi) is 10.7. The summed E-state index contributed by atoms with van der Waals surface area (Å²) in [6.45, 7) is 10.2. The largest absolute Gasteiger partial charge is 0.355 e. The highest BCUT2D eigenvalue weighted by molar-refractivity contribution is 14.0. The highest BCUT2D eigenvalue weighted by atomic mass is 127. The second-order valence-electron chi connectivity index (χ2n) is 8.61. The minimum atomic E-state index is 0. The summed E-state index contributed by atoms with van der Waals surface area (Å²) in [7, 11) is 1.89. The molecular weight excluding hydrogens is 473 g/mol. The maximum Gasteiger partial charge on any atom is 0.191 e. The zero-order valence-electron chi connectivity index (χ0n) is 18.4.